The lowest BCUT2D eigenvalue weighted by Gasteiger charge is -2.20. The molecular formula is C9H16N4O2. The fourth-order valence-corrected chi connectivity index (χ4v) is 0.776. The Labute approximate surface area is 88.8 Å². The van der Waals surface area contributed by atoms with Gasteiger partial charge in [-0.3, -0.25) is 9.59 Å². The maximum Gasteiger partial charge on any atom is 0.234 e. The molecule has 0 aliphatic rings. The van der Waals surface area contributed by atoms with Crippen molar-refractivity contribution in [3.8, 4) is 6.07 Å². The van der Waals surface area contributed by atoms with E-state index in [1.165, 1.54) is 0 Å². The molecule has 0 fully saturated rings. The van der Waals surface area contributed by atoms with Gasteiger partial charge in [0.15, 0.2) is 0 Å². The van der Waals surface area contributed by atoms with Crippen LogP contribution in [0.2, 0.25) is 0 Å². The second-order valence-electron chi connectivity index (χ2n) is 3.79. The molecule has 0 saturated heterocycles. The maximum atomic E-state index is 11.0. The van der Waals surface area contributed by atoms with Crippen molar-refractivity contribution in [3.05, 3.63) is 0 Å². The van der Waals surface area contributed by atoms with Crippen LogP contribution >= 0.6 is 0 Å². The van der Waals surface area contributed by atoms with Gasteiger partial charge in [-0.1, -0.05) is 0 Å². The fraction of sp³-hybridized carbons (Fsp3) is 0.667. The van der Waals surface area contributed by atoms with Crippen LogP contribution in [0.15, 0.2) is 0 Å². The van der Waals surface area contributed by atoms with Crippen molar-refractivity contribution in [1.29, 1.82) is 5.26 Å². The second-order valence-corrected chi connectivity index (χ2v) is 3.79. The molecule has 0 spiro atoms. The van der Waals surface area contributed by atoms with Gasteiger partial charge in [-0.15, -0.1) is 0 Å². The molecule has 0 aromatic carbocycles. The lowest BCUT2D eigenvalue weighted by molar-refractivity contribution is -0.126. The summed E-state index contributed by atoms with van der Waals surface area (Å²) >= 11 is 0. The van der Waals surface area contributed by atoms with E-state index in [-0.39, 0.29) is 19.0 Å². The molecule has 4 N–H and O–H groups in total. The van der Waals surface area contributed by atoms with Gasteiger partial charge in [0.1, 0.15) is 6.54 Å². The summed E-state index contributed by atoms with van der Waals surface area (Å²) in [6.45, 7) is 3.76. The van der Waals surface area contributed by atoms with Crippen molar-refractivity contribution in [2.75, 3.05) is 19.6 Å². The van der Waals surface area contributed by atoms with Gasteiger partial charge in [0, 0.05) is 6.54 Å². The van der Waals surface area contributed by atoms with E-state index < -0.39 is 11.3 Å². The summed E-state index contributed by atoms with van der Waals surface area (Å²) < 4.78 is 0. The Kier molecular flexibility index (Phi) is 5.34. The van der Waals surface area contributed by atoms with Crippen LogP contribution in [0.5, 0.6) is 0 Å². The zero-order valence-corrected chi connectivity index (χ0v) is 8.96. The number of amides is 2. The van der Waals surface area contributed by atoms with Crippen LogP contribution in [0.1, 0.15) is 13.8 Å². The van der Waals surface area contributed by atoms with E-state index in [1.54, 1.807) is 19.9 Å². The van der Waals surface area contributed by atoms with Gasteiger partial charge in [-0.2, -0.15) is 5.26 Å². The van der Waals surface area contributed by atoms with Crippen molar-refractivity contribution in [1.82, 2.24) is 10.6 Å². The number of rotatable bonds is 6. The first-order valence-electron chi connectivity index (χ1n) is 4.54. The third-order valence-electron chi connectivity index (χ3n) is 1.88. The Morgan fingerprint density at radius 3 is 2.53 bits per heavy atom. The topological polar surface area (TPSA) is 108 Å². The molecule has 6 heteroatoms. The van der Waals surface area contributed by atoms with Crippen LogP contribution in [0.4, 0.5) is 0 Å². The summed E-state index contributed by atoms with van der Waals surface area (Å²) in [7, 11) is 0. The summed E-state index contributed by atoms with van der Waals surface area (Å²) in [4.78, 5) is 21.9. The smallest absolute Gasteiger partial charge is 0.234 e. The molecule has 0 heterocycles. The lowest BCUT2D eigenvalue weighted by atomic mass is 9.93. The molecule has 15 heavy (non-hydrogen) atoms. The predicted molar refractivity (Wildman–Crippen MR) is 54.5 cm³/mol. The van der Waals surface area contributed by atoms with Crippen LogP contribution in [-0.4, -0.2) is 31.4 Å². The third kappa shape index (κ3) is 5.65. The number of hydrogen-bond donors (Lipinski definition) is 3. The Balaban J connectivity index is 3.76. The number of nitrogens with one attached hydrogen (secondary N) is 2. The highest BCUT2D eigenvalue weighted by Crippen LogP contribution is 2.11. The Bertz CT molecular complexity index is 280. The number of carbonyl (C=O) groups excluding carboxylic acids is 2. The van der Waals surface area contributed by atoms with E-state index in [2.05, 4.69) is 10.6 Å². The second kappa shape index (κ2) is 5.98. The zero-order chi connectivity index (χ0) is 11.9. The van der Waals surface area contributed by atoms with E-state index >= 15 is 0 Å². The first-order chi connectivity index (χ1) is 6.90. The van der Waals surface area contributed by atoms with E-state index in [0.29, 0.717) is 6.54 Å². The molecule has 6 nitrogen and oxygen atoms in total. The molecule has 0 aliphatic heterocycles. The summed E-state index contributed by atoms with van der Waals surface area (Å²) in [5.74, 6) is -0.704. The average molecular weight is 212 g/mol. The molecule has 0 rings (SSSR count). The van der Waals surface area contributed by atoms with E-state index in [0.717, 1.165) is 0 Å². The highest BCUT2D eigenvalue weighted by molar-refractivity contribution is 5.80. The normalized spacial score (nSPS) is 10.5. The molecule has 0 saturated carbocycles. The summed E-state index contributed by atoms with van der Waals surface area (Å²) in [6, 6.07) is 1.79. The van der Waals surface area contributed by atoms with E-state index in [9.17, 15) is 9.59 Å². The number of nitrogens with zero attached hydrogens (tertiary/aromatic N) is 1. The van der Waals surface area contributed by atoms with Gasteiger partial charge in [0.05, 0.1) is 18.0 Å². The summed E-state index contributed by atoms with van der Waals surface area (Å²) in [5, 5.41) is 13.4. The number of nitriles is 1. The highest BCUT2D eigenvalue weighted by atomic mass is 16.2. The first-order valence-corrected chi connectivity index (χ1v) is 4.54. The minimum Gasteiger partial charge on any atom is -0.369 e. The van der Waals surface area contributed by atoms with Crippen LogP contribution in [-0.2, 0) is 9.59 Å². The van der Waals surface area contributed by atoms with Crippen LogP contribution in [0.25, 0.3) is 0 Å². The Morgan fingerprint density at radius 1 is 1.47 bits per heavy atom. The number of primary amides is 1. The Morgan fingerprint density at radius 2 is 2.07 bits per heavy atom. The number of carbonyl (C=O) groups is 2. The maximum absolute atomic E-state index is 11.0. The molecule has 0 aromatic rings. The largest absolute Gasteiger partial charge is 0.369 e. The quantitative estimate of drug-likeness (QED) is 0.477. The molecule has 0 aromatic heterocycles. The minimum atomic E-state index is -0.685. The van der Waals surface area contributed by atoms with Gasteiger partial charge in [0.2, 0.25) is 11.8 Å². The molecule has 0 unspecified atom stereocenters. The molecule has 0 atom stereocenters. The first kappa shape index (κ1) is 13.4. The van der Waals surface area contributed by atoms with Gasteiger partial charge in [0.25, 0.3) is 0 Å². The molecule has 0 bridgehead atoms. The van der Waals surface area contributed by atoms with Crippen molar-refractivity contribution in [2.45, 2.75) is 13.8 Å². The molecular weight excluding hydrogens is 196 g/mol. The zero-order valence-electron chi connectivity index (χ0n) is 8.96. The summed E-state index contributed by atoms with van der Waals surface area (Å²) in [5.41, 5.74) is 4.46. The van der Waals surface area contributed by atoms with Gasteiger partial charge < -0.3 is 16.4 Å². The van der Waals surface area contributed by atoms with Gasteiger partial charge in [-0.25, -0.2) is 0 Å². The molecule has 0 radical (unpaired) electrons. The van der Waals surface area contributed by atoms with Crippen LogP contribution < -0.4 is 16.4 Å². The SMILES string of the molecule is CC(C)(CNCC(=O)NCC#N)C(N)=O. The van der Waals surface area contributed by atoms with Crippen LogP contribution in [0, 0.1) is 16.7 Å². The highest BCUT2D eigenvalue weighted by Gasteiger charge is 2.24. The van der Waals surface area contributed by atoms with Crippen LogP contribution in [0.3, 0.4) is 0 Å². The molecule has 84 valence electrons. The average Bonchev–Trinajstić information content (AvgIpc) is 2.14. The fourth-order valence-electron chi connectivity index (χ4n) is 0.776. The lowest BCUT2D eigenvalue weighted by Crippen LogP contribution is -2.43. The predicted octanol–water partition coefficient (Wildman–Crippen LogP) is -1.27. The van der Waals surface area contributed by atoms with Crippen molar-refractivity contribution < 1.29 is 9.59 Å². The van der Waals surface area contributed by atoms with Crippen molar-refractivity contribution in [3.63, 3.8) is 0 Å². The van der Waals surface area contributed by atoms with Gasteiger partial charge in [-0.05, 0) is 13.8 Å². The Hall–Kier alpha value is -1.61. The standard InChI is InChI=1S/C9H16N4O2/c1-9(2,8(11)15)6-12-5-7(14)13-4-3-10/h12H,4-6H2,1-2H3,(H2,11,15)(H,13,14). The van der Waals surface area contributed by atoms with E-state index in [4.69, 9.17) is 11.0 Å². The van der Waals surface area contributed by atoms with Gasteiger partial charge >= 0.3 is 0 Å². The molecule has 0 aliphatic carbocycles. The summed E-state index contributed by atoms with van der Waals surface area (Å²) in [6.07, 6.45) is 0. The minimum absolute atomic E-state index is 0.0142. The number of hydrogen-bond acceptors (Lipinski definition) is 4. The number of nitrogens with two attached hydrogens (primary N) is 1. The monoisotopic (exact) mass is 212 g/mol. The molecule has 2 amide bonds. The van der Waals surface area contributed by atoms with Crippen molar-refractivity contribution >= 4 is 11.8 Å². The van der Waals surface area contributed by atoms with Crippen molar-refractivity contribution in [2.24, 2.45) is 11.1 Å². The third-order valence-corrected chi connectivity index (χ3v) is 1.88. The van der Waals surface area contributed by atoms with E-state index in [1.807, 2.05) is 0 Å².